The number of rotatable bonds is 5. The summed E-state index contributed by atoms with van der Waals surface area (Å²) in [6.07, 6.45) is 4.09. The van der Waals surface area contributed by atoms with Crippen LogP contribution in [0.5, 0.6) is 0 Å². The number of thioether (sulfide) groups is 1. The van der Waals surface area contributed by atoms with Crippen molar-refractivity contribution >= 4 is 33.3 Å². The lowest BCUT2D eigenvalue weighted by molar-refractivity contribution is -0.128. The van der Waals surface area contributed by atoms with Crippen LogP contribution in [0.4, 0.5) is 5.69 Å². The number of aromatic nitrogens is 2. The summed E-state index contributed by atoms with van der Waals surface area (Å²) in [5.74, 6) is 1.28. The third-order valence-electron chi connectivity index (χ3n) is 7.35. The maximum absolute atomic E-state index is 13.2. The second kappa shape index (κ2) is 6.35. The molecule has 2 aliphatic carbocycles. The average molecular weight is 432 g/mol. The zero-order valence-electron chi connectivity index (χ0n) is 16.6. The summed E-state index contributed by atoms with van der Waals surface area (Å²) in [5, 5.41) is 0.965. The van der Waals surface area contributed by atoms with E-state index in [1.807, 2.05) is 24.4 Å². The lowest BCUT2D eigenvalue weighted by Gasteiger charge is -2.36. The van der Waals surface area contributed by atoms with Gasteiger partial charge in [-0.05, 0) is 30.2 Å². The Kier molecular flexibility index (Phi) is 4.20. The topological polar surface area (TPSA) is 81.1 Å². The highest BCUT2D eigenvalue weighted by molar-refractivity contribution is 7.99. The van der Waals surface area contributed by atoms with Crippen molar-refractivity contribution in [3.8, 4) is 11.3 Å². The second-order valence-corrected chi connectivity index (χ2v) is 11.8. The summed E-state index contributed by atoms with van der Waals surface area (Å²) in [4.78, 5) is 17.4. The van der Waals surface area contributed by atoms with Crippen molar-refractivity contribution in [2.24, 2.45) is 16.7 Å². The Morgan fingerprint density at radius 2 is 2.10 bits per heavy atom. The maximum Gasteiger partial charge on any atom is 0.233 e. The van der Waals surface area contributed by atoms with Crippen molar-refractivity contribution in [2.45, 2.75) is 44.8 Å². The van der Waals surface area contributed by atoms with Gasteiger partial charge in [-0.2, -0.15) is 0 Å². The number of anilines is 1. The van der Waals surface area contributed by atoms with Gasteiger partial charge in [0.2, 0.25) is 10.0 Å². The van der Waals surface area contributed by atoms with Gasteiger partial charge in [0, 0.05) is 30.5 Å². The van der Waals surface area contributed by atoms with Crippen LogP contribution in [0, 0.1) is 16.7 Å². The number of ketones is 1. The number of imidazole rings is 1. The average Bonchev–Trinajstić information content (AvgIpc) is 3.33. The third-order valence-corrected chi connectivity index (χ3v) is 9.72. The van der Waals surface area contributed by atoms with Crippen LogP contribution >= 0.6 is 11.8 Å². The first-order chi connectivity index (χ1) is 13.7. The second-order valence-electron chi connectivity index (χ2n) is 9.02. The van der Waals surface area contributed by atoms with E-state index in [4.69, 9.17) is 0 Å². The normalized spacial score (nSPS) is 27.4. The molecule has 6 nitrogen and oxygen atoms in total. The molecule has 0 saturated heterocycles. The molecule has 2 fully saturated rings. The summed E-state index contributed by atoms with van der Waals surface area (Å²) >= 11 is 1.71. The van der Waals surface area contributed by atoms with E-state index >= 15 is 0 Å². The number of aryl methyl sites for hydroxylation is 1. The van der Waals surface area contributed by atoms with Gasteiger partial charge in [0.25, 0.3) is 0 Å². The Bertz CT molecular complexity index is 1080. The highest BCUT2D eigenvalue weighted by atomic mass is 32.2. The van der Waals surface area contributed by atoms with Crippen LogP contribution in [-0.4, -0.2) is 35.3 Å². The zero-order valence-corrected chi connectivity index (χ0v) is 18.3. The van der Waals surface area contributed by atoms with Crippen LogP contribution in [0.1, 0.15) is 33.1 Å². The van der Waals surface area contributed by atoms with Gasteiger partial charge < -0.3 is 4.57 Å². The van der Waals surface area contributed by atoms with Crippen LogP contribution < -0.4 is 4.72 Å². The van der Waals surface area contributed by atoms with E-state index in [2.05, 4.69) is 28.1 Å². The van der Waals surface area contributed by atoms with E-state index in [0.717, 1.165) is 35.1 Å². The van der Waals surface area contributed by atoms with Gasteiger partial charge in [-0.15, -0.1) is 0 Å². The summed E-state index contributed by atoms with van der Waals surface area (Å²) in [7, 11) is -3.70. The minimum Gasteiger partial charge on any atom is -0.325 e. The number of benzene rings is 1. The predicted molar refractivity (Wildman–Crippen MR) is 114 cm³/mol. The molecule has 2 aromatic rings. The van der Waals surface area contributed by atoms with E-state index in [9.17, 15) is 13.2 Å². The highest BCUT2D eigenvalue weighted by Gasteiger charge is 2.65. The summed E-state index contributed by atoms with van der Waals surface area (Å²) in [6, 6.07) is 7.35. The van der Waals surface area contributed by atoms with Crippen LogP contribution in [0.15, 0.2) is 35.6 Å². The molecule has 1 N–H and O–H groups in total. The van der Waals surface area contributed by atoms with Gasteiger partial charge in [-0.25, -0.2) is 13.4 Å². The molecule has 154 valence electrons. The first-order valence-electron chi connectivity index (χ1n) is 10.1. The van der Waals surface area contributed by atoms with Gasteiger partial charge in [0.05, 0.1) is 22.5 Å². The molecule has 8 heteroatoms. The fraction of sp³-hybridized carbons (Fsp3) is 0.524. The molecule has 1 aliphatic heterocycles. The third kappa shape index (κ3) is 2.86. The van der Waals surface area contributed by atoms with Crippen LogP contribution in [0.2, 0.25) is 0 Å². The van der Waals surface area contributed by atoms with E-state index in [-0.39, 0.29) is 17.0 Å². The van der Waals surface area contributed by atoms with E-state index in [1.54, 1.807) is 17.8 Å². The largest absolute Gasteiger partial charge is 0.325 e. The molecule has 2 saturated carbocycles. The molecule has 5 rings (SSSR count). The fourth-order valence-corrected chi connectivity index (χ4v) is 8.33. The van der Waals surface area contributed by atoms with E-state index < -0.39 is 15.4 Å². The van der Waals surface area contributed by atoms with Crippen molar-refractivity contribution in [1.82, 2.24) is 9.55 Å². The lowest BCUT2D eigenvalue weighted by Crippen LogP contribution is -2.43. The molecule has 0 spiro atoms. The Morgan fingerprint density at radius 3 is 2.79 bits per heavy atom. The lowest BCUT2D eigenvalue weighted by atomic mass is 9.70. The van der Waals surface area contributed by atoms with Gasteiger partial charge >= 0.3 is 0 Å². The number of nitrogens with zero attached hydrogens (tertiary/aromatic N) is 2. The molecule has 2 unspecified atom stereocenters. The van der Waals surface area contributed by atoms with Gasteiger partial charge in [0.1, 0.15) is 5.78 Å². The molecule has 0 amide bonds. The van der Waals surface area contributed by atoms with Gasteiger partial charge in [0.15, 0.2) is 5.16 Å². The summed E-state index contributed by atoms with van der Waals surface area (Å²) in [5.41, 5.74) is 0.994. The Hall–Kier alpha value is -1.80. The summed E-state index contributed by atoms with van der Waals surface area (Å²) < 4.78 is 31.3. The molecule has 3 aliphatic rings. The predicted octanol–water partition coefficient (Wildman–Crippen LogP) is 3.79. The van der Waals surface area contributed by atoms with Crippen LogP contribution in [-0.2, 0) is 21.4 Å². The number of hydrogen-bond acceptors (Lipinski definition) is 5. The highest BCUT2D eigenvalue weighted by Crippen LogP contribution is 2.64. The number of carbonyl (C=O) groups is 1. The number of carbonyl (C=O) groups excluding carboxylic acids is 1. The van der Waals surface area contributed by atoms with Gasteiger partial charge in [-0.1, -0.05) is 43.8 Å². The molecular weight excluding hydrogens is 406 g/mol. The monoisotopic (exact) mass is 431 g/mol. The van der Waals surface area contributed by atoms with Crippen molar-refractivity contribution < 1.29 is 13.2 Å². The van der Waals surface area contributed by atoms with Crippen molar-refractivity contribution in [3.63, 3.8) is 0 Å². The van der Waals surface area contributed by atoms with Crippen molar-refractivity contribution in [2.75, 3.05) is 16.2 Å². The zero-order chi connectivity index (χ0) is 20.4. The number of para-hydroxylation sites is 1. The number of sulfonamides is 1. The molecule has 2 atom stereocenters. The van der Waals surface area contributed by atoms with Crippen molar-refractivity contribution in [3.05, 3.63) is 30.5 Å². The molecule has 0 radical (unpaired) electrons. The van der Waals surface area contributed by atoms with Crippen LogP contribution in [0.3, 0.4) is 0 Å². The number of fused-ring (bicyclic) bond motifs is 3. The molecule has 2 heterocycles. The van der Waals surface area contributed by atoms with Gasteiger partial charge in [-0.3, -0.25) is 9.52 Å². The molecular formula is C21H25N3O3S2. The molecule has 1 aromatic carbocycles. The Morgan fingerprint density at radius 1 is 1.31 bits per heavy atom. The van der Waals surface area contributed by atoms with Crippen molar-refractivity contribution in [1.29, 1.82) is 0 Å². The van der Waals surface area contributed by atoms with Crippen LogP contribution in [0.25, 0.3) is 11.3 Å². The first-order valence-corrected chi connectivity index (χ1v) is 12.7. The minimum atomic E-state index is -3.70. The fourth-order valence-electron chi connectivity index (χ4n) is 5.47. The minimum absolute atomic E-state index is 0.111. The SMILES string of the molecule is CC1(C)C2CCC1(CS(=O)(=O)Nc1ccccc1-c1cn3c(n1)SCC3)C(=O)C2. The Labute approximate surface area is 175 Å². The number of nitrogens with one attached hydrogen (secondary N) is 1. The first kappa shape index (κ1) is 19.2. The van der Waals surface area contributed by atoms with E-state index in [1.165, 1.54) is 0 Å². The summed E-state index contributed by atoms with van der Waals surface area (Å²) in [6.45, 7) is 5.04. The molecule has 1 aromatic heterocycles. The Balaban J connectivity index is 1.45. The maximum atomic E-state index is 13.2. The number of Topliss-reactive ketones (excluding diaryl/α,β-unsaturated/α-hetero) is 1. The smallest absolute Gasteiger partial charge is 0.233 e. The molecule has 29 heavy (non-hydrogen) atoms. The molecule has 2 bridgehead atoms. The quantitative estimate of drug-likeness (QED) is 0.779. The standard InChI is InChI=1S/C21H25N3O3S2/c1-20(2)14-7-8-21(20,18(25)11-14)13-29(26,27)23-16-6-4-3-5-15(16)17-12-24-9-10-28-19(24)22-17/h3-6,12,14,23H,7-11,13H2,1-2H3. The van der Waals surface area contributed by atoms with E-state index in [0.29, 0.717) is 24.4 Å². The number of hydrogen-bond donors (Lipinski definition) is 1.